The van der Waals surface area contributed by atoms with E-state index in [4.69, 9.17) is 4.74 Å². The Morgan fingerprint density at radius 3 is 2.67 bits per heavy atom. The largest absolute Gasteiger partial charge is 0.379 e. The number of benzene rings is 1. The summed E-state index contributed by atoms with van der Waals surface area (Å²) in [6.07, 6.45) is 0. The third-order valence-corrected chi connectivity index (χ3v) is 4.43. The lowest BCUT2D eigenvalue weighted by atomic mass is 10.2. The normalized spacial score (nSPS) is 16.0. The quantitative estimate of drug-likeness (QED) is 0.921. The van der Waals surface area contributed by atoms with Crippen LogP contribution in [0.3, 0.4) is 0 Å². The first-order valence-electron chi connectivity index (χ1n) is 7.33. The molecule has 0 aliphatic carbocycles. The van der Waals surface area contributed by atoms with Gasteiger partial charge in [-0.1, -0.05) is 12.1 Å². The summed E-state index contributed by atoms with van der Waals surface area (Å²) in [6.45, 7) is 7.60. The third-order valence-electron chi connectivity index (χ3n) is 3.60. The number of nitrogens with zero attached hydrogens (tertiary/aromatic N) is 2. The molecule has 0 radical (unpaired) electrons. The second kappa shape index (κ2) is 7.02. The Kier molecular flexibility index (Phi) is 4.85. The molecule has 1 fully saturated rings. The molecule has 21 heavy (non-hydrogen) atoms. The molecule has 1 aromatic carbocycles. The van der Waals surface area contributed by atoms with E-state index in [0.717, 1.165) is 55.8 Å². The summed E-state index contributed by atoms with van der Waals surface area (Å²) >= 11 is 1.69. The number of aromatic nitrogens is 1. The van der Waals surface area contributed by atoms with E-state index in [1.54, 1.807) is 11.3 Å². The smallest absolute Gasteiger partial charge is 0.0898 e. The van der Waals surface area contributed by atoms with Crippen molar-refractivity contribution in [2.75, 3.05) is 31.6 Å². The molecule has 1 aliphatic rings. The van der Waals surface area contributed by atoms with Crippen LogP contribution in [0.5, 0.6) is 0 Å². The van der Waals surface area contributed by atoms with E-state index >= 15 is 0 Å². The molecule has 1 aromatic heterocycles. The van der Waals surface area contributed by atoms with Crippen LogP contribution in [0, 0.1) is 6.92 Å². The average Bonchev–Trinajstić information content (AvgIpc) is 2.93. The van der Waals surface area contributed by atoms with Crippen LogP contribution in [0.1, 0.15) is 16.3 Å². The lowest BCUT2D eigenvalue weighted by Crippen LogP contribution is -2.35. The highest BCUT2D eigenvalue weighted by molar-refractivity contribution is 7.09. The molecule has 1 saturated heterocycles. The van der Waals surface area contributed by atoms with Gasteiger partial charge in [0.05, 0.1) is 30.5 Å². The van der Waals surface area contributed by atoms with Gasteiger partial charge in [-0.25, -0.2) is 4.98 Å². The molecule has 1 aliphatic heterocycles. The van der Waals surface area contributed by atoms with Gasteiger partial charge in [0.2, 0.25) is 0 Å². The second-order valence-corrected chi connectivity index (χ2v) is 6.36. The van der Waals surface area contributed by atoms with Gasteiger partial charge in [-0.3, -0.25) is 4.90 Å². The maximum absolute atomic E-state index is 5.38. The zero-order valence-corrected chi connectivity index (χ0v) is 13.2. The molecule has 2 heterocycles. The van der Waals surface area contributed by atoms with Crippen molar-refractivity contribution in [3.8, 4) is 0 Å². The fraction of sp³-hybridized carbons (Fsp3) is 0.438. The number of anilines is 1. The number of hydrogen-bond acceptors (Lipinski definition) is 5. The molecule has 0 unspecified atom stereocenters. The standard InChI is InChI=1S/C16H21N3OS/c1-13-18-16(12-21-13)10-17-15-4-2-14(3-5-15)11-19-6-8-20-9-7-19/h2-5,12,17H,6-11H2,1H3. The van der Waals surface area contributed by atoms with E-state index in [-0.39, 0.29) is 0 Å². The van der Waals surface area contributed by atoms with Crippen molar-refractivity contribution >= 4 is 17.0 Å². The van der Waals surface area contributed by atoms with Gasteiger partial charge in [0.15, 0.2) is 0 Å². The number of rotatable bonds is 5. The molecular formula is C16H21N3OS. The van der Waals surface area contributed by atoms with E-state index < -0.39 is 0 Å². The van der Waals surface area contributed by atoms with E-state index in [1.165, 1.54) is 5.56 Å². The number of thiazole rings is 1. The van der Waals surface area contributed by atoms with Crippen molar-refractivity contribution in [2.45, 2.75) is 20.0 Å². The molecule has 0 bridgehead atoms. The molecule has 3 rings (SSSR count). The lowest BCUT2D eigenvalue weighted by Gasteiger charge is -2.26. The summed E-state index contributed by atoms with van der Waals surface area (Å²) in [5.41, 5.74) is 3.60. The second-order valence-electron chi connectivity index (χ2n) is 5.30. The topological polar surface area (TPSA) is 37.4 Å². The molecular weight excluding hydrogens is 282 g/mol. The first kappa shape index (κ1) is 14.5. The Hall–Kier alpha value is -1.43. The Morgan fingerprint density at radius 2 is 2.00 bits per heavy atom. The van der Waals surface area contributed by atoms with Crippen LogP contribution in [0.25, 0.3) is 0 Å². The zero-order chi connectivity index (χ0) is 14.5. The summed E-state index contributed by atoms with van der Waals surface area (Å²) < 4.78 is 5.38. The Bertz CT molecular complexity index is 561. The first-order valence-corrected chi connectivity index (χ1v) is 8.21. The summed E-state index contributed by atoms with van der Waals surface area (Å²) in [5.74, 6) is 0. The number of ether oxygens (including phenoxy) is 1. The van der Waals surface area contributed by atoms with Crippen LogP contribution in [-0.4, -0.2) is 36.2 Å². The van der Waals surface area contributed by atoms with Gasteiger partial charge < -0.3 is 10.1 Å². The predicted octanol–water partition coefficient (Wildman–Crippen LogP) is 2.90. The fourth-order valence-corrected chi connectivity index (χ4v) is 3.04. The van der Waals surface area contributed by atoms with Gasteiger partial charge in [-0.15, -0.1) is 11.3 Å². The van der Waals surface area contributed by atoms with E-state index in [0.29, 0.717) is 0 Å². The highest BCUT2D eigenvalue weighted by Gasteiger charge is 2.10. The molecule has 0 saturated carbocycles. The van der Waals surface area contributed by atoms with Crippen molar-refractivity contribution in [2.24, 2.45) is 0 Å². The van der Waals surface area contributed by atoms with Crippen LogP contribution < -0.4 is 5.32 Å². The highest BCUT2D eigenvalue weighted by atomic mass is 32.1. The van der Waals surface area contributed by atoms with Crippen molar-refractivity contribution in [3.05, 3.63) is 45.9 Å². The maximum atomic E-state index is 5.38. The Morgan fingerprint density at radius 1 is 1.24 bits per heavy atom. The number of nitrogens with one attached hydrogen (secondary N) is 1. The summed E-state index contributed by atoms with van der Waals surface area (Å²) in [4.78, 5) is 6.89. The summed E-state index contributed by atoms with van der Waals surface area (Å²) in [5, 5.41) is 6.64. The minimum absolute atomic E-state index is 0.785. The highest BCUT2D eigenvalue weighted by Crippen LogP contribution is 2.14. The van der Waals surface area contributed by atoms with Crippen molar-refractivity contribution < 1.29 is 4.74 Å². The Labute approximate surface area is 129 Å². The molecule has 0 amide bonds. The van der Waals surface area contributed by atoms with Crippen molar-refractivity contribution in [3.63, 3.8) is 0 Å². The van der Waals surface area contributed by atoms with Crippen molar-refractivity contribution in [1.82, 2.24) is 9.88 Å². The van der Waals surface area contributed by atoms with Crippen LogP contribution >= 0.6 is 11.3 Å². The van der Waals surface area contributed by atoms with Gasteiger partial charge in [0, 0.05) is 30.7 Å². The summed E-state index contributed by atoms with van der Waals surface area (Å²) in [7, 11) is 0. The van der Waals surface area contributed by atoms with E-state index in [9.17, 15) is 0 Å². The molecule has 0 spiro atoms. The van der Waals surface area contributed by atoms with Crippen LogP contribution in [0.15, 0.2) is 29.6 Å². The molecule has 2 aromatic rings. The lowest BCUT2D eigenvalue weighted by molar-refractivity contribution is 0.0342. The molecule has 112 valence electrons. The zero-order valence-electron chi connectivity index (χ0n) is 12.3. The molecule has 0 atom stereocenters. The minimum Gasteiger partial charge on any atom is -0.379 e. The predicted molar refractivity (Wildman–Crippen MR) is 86.7 cm³/mol. The number of aryl methyl sites for hydroxylation is 1. The van der Waals surface area contributed by atoms with E-state index in [1.807, 2.05) is 6.92 Å². The van der Waals surface area contributed by atoms with Crippen LogP contribution in [0.4, 0.5) is 5.69 Å². The maximum Gasteiger partial charge on any atom is 0.0898 e. The summed E-state index contributed by atoms with van der Waals surface area (Å²) in [6, 6.07) is 8.69. The van der Waals surface area contributed by atoms with Crippen molar-refractivity contribution in [1.29, 1.82) is 0 Å². The van der Waals surface area contributed by atoms with Gasteiger partial charge in [-0.05, 0) is 24.6 Å². The minimum atomic E-state index is 0.785. The number of hydrogen-bond donors (Lipinski definition) is 1. The van der Waals surface area contributed by atoms with Crippen LogP contribution in [-0.2, 0) is 17.8 Å². The Balaban J connectivity index is 1.51. The molecule has 1 N–H and O–H groups in total. The van der Waals surface area contributed by atoms with Gasteiger partial charge in [0.1, 0.15) is 0 Å². The third kappa shape index (κ3) is 4.27. The van der Waals surface area contributed by atoms with Crippen LogP contribution in [0.2, 0.25) is 0 Å². The van der Waals surface area contributed by atoms with Gasteiger partial charge in [-0.2, -0.15) is 0 Å². The average molecular weight is 303 g/mol. The monoisotopic (exact) mass is 303 g/mol. The van der Waals surface area contributed by atoms with E-state index in [2.05, 4.69) is 44.8 Å². The SMILES string of the molecule is Cc1nc(CNc2ccc(CN3CCOCC3)cc2)cs1. The number of morpholine rings is 1. The molecule has 4 nitrogen and oxygen atoms in total. The molecule has 5 heteroatoms. The van der Waals surface area contributed by atoms with Gasteiger partial charge >= 0.3 is 0 Å². The fourth-order valence-electron chi connectivity index (χ4n) is 2.43. The first-order chi connectivity index (χ1) is 10.3. The van der Waals surface area contributed by atoms with Gasteiger partial charge in [0.25, 0.3) is 0 Å².